The highest BCUT2D eigenvalue weighted by Crippen LogP contribution is 2.23. The van der Waals surface area contributed by atoms with Gasteiger partial charge in [-0.2, -0.15) is 13.2 Å². The van der Waals surface area contributed by atoms with Crippen molar-refractivity contribution in [1.29, 1.82) is 0 Å². The first-order chi connectivity index (χ1) is 11.7. The summed E-state index contributed by atoms with van der Waals surface area (Å²) < 4.78 is 68.8. The number of hydrogen-bond donors (Lipinski definition) is 0. The van der Waals surface area contributed by atoms with Gasteiger partial charge in [-0.3, -0.25) is 0 Å². The highest BCUT2D eigenvalue weighted by atomic mass is 19.4. The number of benzene rings is 2. The van der Waals surface area contributed by atoms with Crippen molar-refractivity contribution in [2.75, 3.05) is 0 Å². The average Bonchev–Trinajstić information content (AvgIpc) is 2.52. The molecule has 0 spiro atoms. The molecule has 0 bridgehead atoms. The molecule has 7 heteroatoms. The second kappa shape index (κ2) is 7.46. The molecule has 0 fully saturated rings. The van der Waals surface area contributed by atoms with E-state index in [0.29, 0.717) is 18.1 Å². The molecule has 2 aromatic carbocycles. The smallest absolute Gasteiger partial charge is 0.409 e. The van der Waals surface area contributed by atoms with E-state index in [9.17, 15) is 26.7 Å². The number of rotatable bonds is 4. The summed E-state index contributed by atoms with van der Waals surface area (Å²) in [6.45, 7) is 1.82. The van der Waals surface area contributed by atoms with E-state index >= 15 is 0 Å². The molecule has 25 heavy (non-hydrogen) atoms. The summed E-state index contributed by atoms with van der Waals surface area (Å²) in [6.07, 6.45) is -3.53. The van der Waals surface area contributed by atoms with Crippen molar-refractivity contribution in [3.05, 3.63) is 70.8 Å². The van der Waals surface area contributed by atoms with Gasteiger partial charge >= 0.3 is 12.1 Å². The fraction of sp³-hybridized carbons (Fsp3) is 0.167. The van der Waals surface area contributed by atoms with Crippen molar-refractivity contribution >= 4 is 12.0 Å². The maximum Gasteiger partial charge on any atom is 0.409 e. The number of hydrogen-bond acceptors (Lipinski definition) is 2. The zero-order chi connectivity index (χ0) is 18.6. The van der Waals surface area contributed by atoms with E-state index < -0.39 is 23.8 Å². The molecular formula is C18H13F5O2. The predicted octanol–water partition coefficient (Wildman–Crippen LogP) is 5.32. The van der Waals surface area contributed by atoms with Crippen molar-refractivity contribution < 1.29 is 31.5 Å². The van der Waals surface area contributed by atoms with E-state index in [2.05, 4.69) is 0 Å². The Morgan fingerprint density at radius 3 is 2.36 bits per heavy atom. The van der Waals surface area contributed by atoms with Crippen LogP contribution in [0, 0.1) is 11.6 Å². The minimum Gasteiger partial charge on any atom is -0.423 e. The monoisotopic (exact) mass is 356 g/mol. The van der Waals surface area contributed by atoms with E-state index in [0.717, 1.165) is 18.2 Å². The molecule has 0 saturated carbocycles. The van der Waals surface area contributed by atoms with Gasteiger partial charge in [-0.25, -0.2) is 13.6 Å². The Morgan fingerprint density at radius 1 is 1.08 bits per heavy atom. The molecule has 0 atom stereocenters. The highest BCUT2D eigenvalue weighted by Gasteiger charge is 2.22. The molecule has 0 unspecified atom stereocenters. The van der Waals surface area contributed by atoms with Crippen LogP contribution in [0.15, 0.2) is 42.5 Å². The van der Waals surface area contributed by atoms with Crippen LogP contribution in [0.2, 0.25) is 0 Å². The zero-order valence-corrected chi connectivity index (χ0v) is 13.0. The average molecular weight is 356 g/mol. The minimum absolute atomic E-state index is 0.109. The Balaban J connectivity index is 2.17. The Morgan fingerprint density at radius 2 is 1.80 bits per heavy atom. The maximum atomic E-state index is 13.9. The van der Waals surface area contributed by atoms with Crippen LogP contribution in [0.1, 0.15) is 28.4 Å². The van der Waals surface area contributed by atoms with Gasteiger partial charge in [-0.15, -0.1) is 0 Å². The molecule has 2 nitrogen and oxygen atoms in total. The molecule has 0 aliphatic heterocycles. The Bertz CT molecular complexity index is 810. The molecule has 2 rings (SSSR count). The van der Waals surface area contributed by atoms with Gasteiger partial charge in [0.2, 0.25) is 0 Å². The first-order valence-electron chi connectivity index (χ1n) is 7.25. The molecule has 0 saturated heterocycles. The van der Waals surface area contributed by atoms with Crippen LogP contribution >= 0.6 is 0 Å². The van der Waals surface area contributed by atoms with Gasteiger partial charge in [0.1, 0.15) is 17.4 Å². The van der Waals surface area contributed by atoms with E-state index in [4.69, 9.17) is 4.74 Å². The van der Waals surface area contributed by atoms with Crippen LogP contribution in [0.3, 0.4) is 0 Å². The normalized spacial score (nSPS) is 11.8. The SMILES string of the molecule is CCc1ccc(C(=O)Oc2ccc(/C=C/C(F)(F)F)c(F)c2)c(F)c1. The van der Waals surface area contributed by atoms with Gasteiger partial charge in [0, 0.05) is 17.7 Å². The molecule has 132 valence electrons. The maximum absolute atomic E-state index is 13.9. The number of alkyl halides is 3. The van der Waals surface area contributed by atoms with E-state index in [1.807, 2.05) is 6.92 Å². The van der Waals surface area contributed by atoms with Gasteiger partial charge < -0.3 is 4.74 Å². The lowest BCUT2D eigenvalue weighted by Crippen LogP contribution is -2.11. The van der Waals surface area contributed by atoms with E-state index in [-0.39, 0.29) is 23.0 Å². The fourth-order valence-electron chi connectivity index (χ4n) is 2.00. The summed E-state index contributed by atoms with van der Waals surface area (Å²) >= 11 is 0. The quantitative estimate of drug-likeness (QED) is 0.421. The number of allylic oxidation sites excluding steroid dienone is 1. The first kappa shape index (κ1) is 18.6. The molecule has 0 N–H and O–H groups in total. The third-order valence-electron chi connectivity index (χ3n) is 3.30. The lowest BCUT2D eigenvalue weighted by molar-refractivity contribution is -0.0790. The lowest BCUT2D eigenvalue weighted by Gasteiger charge is -2.07. The van der Waals surface area contributed by atoms with Crippen molar-refractivity contribution in [1.82, 2.24) is 0 Å². The minimum atomic E-state index is -4.57. The Kier molecular flexibility index (Phi) is 5.56. The zero-order valence-electron chi connectivity index (χ0n) is 13.0. The Hall–Kier alpha value is -2.70. The third kappa shape index (κ3) is 5.14. The fourth-order valence-corrected chi connectivity index (χ4v) is 2.00. The van der Waals surface area contributed by atoms with E-state index in [1.54, 1.807) is 6.07 Å². The molecule has 0 aliphatic carbocycles. The van der Waals surface area contributed by atoms with E-state index in [1.165, 1.54) is 12.1 Å². The van der Waals surface area contributed by atoms with Crippen LogP contribution in [-0.2, 0) is 6.42 Å². The lowest BCUT2D eigenvalue weighted by atomic mass is 10.1. The Labute approximate surface area is 140 Å². The van der Waals surface area contributed by atoms with Gasteiger partial charge in [0.05, 0.1) is 5.56 Å². The summed E-state index contributed by atoms with van der Waals surface area (Å²) in [5.41, 5.74) is 0.0511. The number of carbonyl (C=O) groups is 1. The predicted molar refractivity (Wildman–Crippen MR) is 82.2 cm³/mol. The summed E-state index contributed by atoms with van der Waals surface area (Å²) in [6, 6.07) is 6.92. The molecule has 0 aromatic heterocycles. The van der Waals surface area contributed by atoms with Crippen LogP contribution in [-0.4, -0.2) is 12.1 Å². The number of esters is 1. The highest BCUT2D eigenvalue weighted by molar-refractivity contribution is 5.91. The van der Waals surface area contributed by atoms with Crippen LogP contribution in [0.4, 0.5) is 22.0 Å². The topological polar surface area (TPSA) is 26.3 Å². The van der Waals surface area contributed by atoms with Gasteiger partial charge in [-0.1, -0.05) is 13.0 Å². The van der Waals surface area contributed by atoms with Crippen molar-refractivity contribution in [3.63, 3.8) is 0 Å². The standard InChI is InChI=1S/C18H13F5O2/c1-2-11-3-6-14(16(20)9-11)17(24)25-13-5-4-12(15(19)10-13)7-8-18(21,22)23/h3-10H,2H2,1H3/b8-7+. The molecule has 0 amide bonds. The largest absolute Gasteiger partial charge is 0.423 e. The summed E-state index contributed by atoms with van der Waals surface area (Å²) in [5.74, 6) is -3.05. The molecule has 2 aromatic rings. The molecular weight excluding hydrogens is 343 g/mol. The van der Waals surface area contributed by atoms with Crippen molar-refractivity contribution in [3.8, 4) is 5.75 Å². The number of aryl methyl sites for hydroxylation is 1. The number of ether oxygens (including phenoxy) is 1. The van der Waals surface area contributed by atoms with Crippen LogP contribution < -0.4 is 4.74 Å². The van der Waals surface area contributed by atoms with Gasteiger partial charge in [0.25, 0.3) is 0 Å². The summed E-state index contributed by atoms with van der Waals surface area (Å²) in [7, 11) is 0. The molecule has 0 aliphatic rings. The second-order valence-corrected chi connectivity index (χ2v) is 5.12. The van der Waals surface area contributed by atoms with Crippen LogP contribution in [0.25, 0.3) is 6.08 Å². The number of carbonyl (C=O) groups excluding carboxylic acids is 1. The van der Waals surface area contributed by atoms with Gasteiger partial charge in [0.15, 0.2) is 0 Å². The summed E-state index contributed by atoms with van der Waals surface area (Å²) in [4.78, 5) is 11.9. The van der Waals surface area contributed by atoms with Crippen molar-refractivity contribution in [2.24, 2.45) is 0 Å². The van der Waals surface area contributed by atoms with Crippen LogP contribution in [0.5, 0.6) is 5.75 Å². The molecule has 0 heterocycles. The third-order valence-corrected chi connectivity index (χ3v) is 3.30. The second-order valence-electron chi connectivity index (χ2n) is 5.12. The van der Waals surface area contributed by atoms with Gasteiger partial charge in [-0.05, 0) is 42.3 Å². The molecule has 0 radical (unpaired) electrons. The van der Waals surface area contributed by atoms with Crippen molar-refractivity contribution in [2.45, 2.75) is 19.5 Å². The first-order valence-corrected chi connectivity index (χ1v) is 7.25. The summed E-state index contributed by atoms with van der Waals surface area (Å²) in [5, 5.41) is 0. The number of halogens is 5.